The van der Waals surface area contributed by atoms with E-state index in [9.17, 15) is 9.59 Å². The molecule has 0 saturated carbocycles. The van der Waals surface area contributed by atoms with Crippen LogP contribution in [0.4, 0.5) is 22.0 Å². The second-order valence-corrected chi connectivity index (χ2v) is 11.8. The van der Waals surface area contributed by atoms with E-state index in [1.54, 1.807) is 24.4 Å². The van der Waals surface area contributed by atoms with Crippen molar-refractivity contribution >= 4 is 46.4 Å². The number of nitrogens with zero attached hydrogens (tertiary/aromatic N) is 5. The van der Waals surface area contributed by atoms with E-state index in [1.165, 1.54) is 0 Å². The first-order valence-electron chi connectivity index (χ1n) is 14.0. The van der Waals surface area contributed by atoms with Gasteiger partial charge in [-0.25, -0.2) is 14.8 Å². The second-order valence-electron chi connectivity index (χ2n) is 11.4. The molecule has 1 fully saturated rings. The van der Waals surface area contributed by atoms with E-state index in [-0.39, 0.29) is 18.5 Å². The van der Waals surface area contributed by atoms with Crippen molar-refractivity contribution in [2.24, 2.45) is 0 Å². The first-order chi connectivity index (χ1) is 20.5. The number of halogens is 1. The van der Waals surface area contributed by atoms with Crippen LogP contribution >= 0.6 is 11.6 Å². The van der Waals surface area contributed by atoms with Crippen molar-refractivity contribution in [3.05, 3.63) is 65.6 Å². The molecule has 0 unspecified atom stereocenters. The van der Waals surface area contributed by atoms with Crippen LogP contribution in [-0.2, 0) is 9.53 Å². The topological polar surface area (TPSA) is 113 Å². The number of ether oxygens (including phenoxy) is 2. The zero-order valence-electron chi connectivity index (χ0n) is 25.0. The Kier molecular flexibility index (Phi) is 8.74. The Bertz CT molecular complexity index is 1640. The molecule has 5 rings (SSSR count). The van der Waals surface area contributed by atoms with Crippen LogP contribution in [0, 0.1) is 6.92 Å². The summed E-state index contributed by atoms with van der Waals surface area (Å²) in [7, 11) is 1.58. The molecule has 11 nitrogen and oxygen atoms in total. The third-order valence-corrected chi connectivity index (χ3v) is 7.33. The molecule has 0 radical (unpaired) electrons. The molecule has 4 aromatic rings. The predicted octanol–water partition coefficient (Wildman–Crippen LogP) is 5.60. The number of hydrogen-bond donors (Lipinski definition) is 2. The van der Waals surface area contributed by atoms with Gasteiger partial charge in [-0.05, 0) is 69.7 Å². The number of anilines is 3. The molecule has 1 aliphatic heterocycles. The van der Waals surface area contributed by atoms with Crippen molar-refractivity contribution in [3.63, 3.8) is 0 Å². The van der Waals surface area contributed by atoms with E-state index >= 15 is 0 Å². The van der Waals surface area contributed by atoms with Crippen LogP contribution in [-0.4, -0.2) is 81.6 Å². The van der Waals surface area contributed by atoms with Crippen LogP contribution in [0.1, 0.15) is 26.3 Å². The van der Waals surface area contributed by atoms with Gasteiger partial charge in [-0.15, -0.1) is 0 Å². The third-order valence-electron chi connectivity index (χ3n) is 7.03. The largest absolute Gasteiger partial charge is 0.495 e. The molecule has 2 amide bonds. The number of fused-ring (bicyclic) bond motifs is 1. The molecule has 43 heavy (non-hydrogen) atoms. The number of benzene rings is 2. The fourth-order valence-corrected chi connectivity index (χ4v) is 5.13. The summed E-state index contributed by atoms with van der Waals surface area (Å²) in [6.45, 7) is 9.99. The van der Waals surface area contributed by atoms with Crippen LogP contribution in [0.15, 0.2) is 55.0 Å². The molecule has 0 spiro atoms. The van der Waals surface area contributed by atoms with Crippen molar-refractivity contribution in [2.75, 3.05) is 50.5 Å². The number of imidazole rings is 1. The smallest absolute Gasteiger partial charge is 0.410 e. The summed E-state index contributed by atoms with van der Waals surface area (Å²) in [6.07, 6.45) is 5.02. The van der Waals surface area contributed by atoms with Crippen molar-refractivity contribution < 1.29 is 19.1 Å². The molecule has 3 heterocycles. The van der Waals surface area contributed by atoms with Crippen LogP contribution in [0.25, 0.3) is 16.9 Å². The summed E-state index contributed by atoms with van der Waals surface area (Å²) in [5, 5.41) is 6.88. The number of rotatable bonds is 7. The normalized spacial score (nSPS) is 14.0. The molecule has 0 atom stereocenters. The van der Waals surface area contributed by atoms with Crippen molar-refractivity contribution in [2.45, 2.75) is 33.3 Å². The zero-order chi connectivity index (χ0) is 30.7. The molecule has 2 aromatic carbocycles. The number of nitrogens with one attached hydrogen (secondary N) is 2. The maximum Gasteiger partial charge on any atom is 0.410 e. The van der Waals surface area contributed by atoms with Gasteiger partial charge in [0.25, 0.3) is 0 Å². The average Bonchev–Trinajstić information content (AvgIpc) is 3.39. The van der Waals surface area contributed by atoms with Crippen molar-refractivity contribution in [1.82, 2.24) is 24.2 Å². The van der Waals surface area contributed by atoms with E-state index in [1.807, 2.05) is 79.6 Å². The van der Waals surface area contributed by atoms with E-state index in [0.29, 0.717) is 48.4 Å². The number of methoxy groups -OCH3 is 1. The summed E-state index contributed by atoms with van der Waals surface area (Å²) in [6, 6.07) is 11.3. The summed E-state index contributed by atoms with van der Waals surface area (Å²) < 4.78 is 12.7. The summed E-state index contributed by atoms with van der Waals surface area (Å²) in [4.78, 5) is 38.0. The highest BCUT2D eigenvalue weighted by Gasteiger charge is 2.26. The lowest BCUT2D eigenvalue weighted by molar-refractivity contribution is -0.117. The molecule has 2 N–H and O–H groups in total. The lowest BCUT2D eigenvalue weighted by Crippen LogP contribution is -2.51. The van der Waals surface area contributed by atoms with Gasteiger partial charge in [0.2, 0.25) is 5.91 Å². The minimum absolute atomic E-state index is 0.107. The second kappa shape index (κ2) is 12.5. The number of carbonyl (C=O) groups is 2. The summed E-state index contributed by atoms with van der Waals surface area (Å²) >= 11 is 6.35. The highest BCUT2D eigenvalue weighted by atomic mass is 35.5. The summed E-state index contributed by atoms with van der Waals surface area (Å²) in [5.41, 5.74) is 4.33. The van der Waals surface area contributed by atoms with Gasteiger partial charge < -0.3 is 25.0 Å². The molecule has 0 aliphatic carbocycles. The molecule has 226 valence electrons. The van der Waals surface area contributed by atoms with Gasteiger partial charge in [0.15, 0.2) is 11.5 Å². The number of hydrogen-bond acceptors (Lipinski definition) is 8. The SMILES string of the molecule is COc1ccc(-c2cnc3c(Nc4ccc(NC(=O)CN5CCN(C(=O)OC(C)(C)C)CC5)c(C)c4)nccn23)cc1Cl. The standard InChI is InChI=1S/C31H36ClN7O4/c1-20-16-22(7-8-24(20)36-27(40)19-37-12-14-38(15-13-37)30(41)43-31(2,3)4)35-28-29-34-18-25(39(29)11-10-33-28)21-6-9-26(42-5)23(32)17-21/h6-11,16-18H,12-15,19H2,1-5H3,(H,33,35)(H,36,40). The number of piperazine rings is 1. The fraction of sp³-hybridized carbons (Fsp3) is 0.355. The van der Waals surface area contributed by atoms with E-state index in [4.69, 9.17) is 21.1 Å². The molecule has 2 aromatic heterocycles. The van der Waals surface area contributed by atoms with Crippen molar-refractivity contribution in [3.8, 4) is 17.0 Å². The first kappa shape index (κ1) is 30.1. The number of amides is 2. The van der Waals surface area contributed by atoms with E-state index in [0.717, 1.165) is 28.2 Å². The molecule has 1 saturated heterocycles. The number of carbonyl (C=O) groups excluding carboxylic acids is 2. The molecule has 1 aliphatic rings. The Morgan fingerprint density at radius 2 is 1.81 bits per heavy atom. The van der Waals surface area contributed by atoms with Gasteiger partial charge in [0.05, 0.1) is 30.6 Å². The minimum atomic E-state index is -0.531. The molecular formula is C31H36ClN7O4. The van der Waals surface area contributed by atoms with Crippen LogP contribution in [0.5, 0.6) is 5.75 Å². The average molecular weight is 606 g/mol. The Morgan fingerprint density at radius 3 is 2.49 bits per heavy atom. The van der Waals surface area contributed by atoms with Gasteiger partial charge >= 0.3 is 6.09 Å². The Balaban J connectivity index is 1.20. The van der Waals surface area contributed by atoms with E-state index < -0.39 is 5.60 Å². The Hall–Kier alpha value is -4.35. The van der Waals surface area contributed by atoms with Gasteiger partial charge in [0.1, 0.15) is 11.4 Å². The minimum Gasteiger partial charge on any atom is -0.495 e. The van der Waals surface area contributed by atoms with Gasteiger partial charge in [-0.2, -0.15) is 0 Å². The van der Waals surface area contributed by atoms with Crippen LogP contribution in [0.2, 0.25) is 5.02 Å². The fourth-order valence-electron chi connectivity index (χ4n) is 4.87. The molecular weight excluding hydrogens is 570 g/mol. The van der Waals surface area contributed by atoms with Crippen molar-refractivity contribution in [1.29, 1.82) is 0 Å². The Morgan fingerprint density at radius 1 is 1.05 bits per heavy atom. The maximum atomic E-state index is 12.8. The highest BCUT2D eigenvalue weighted by Crippen LogP contribution is 2.32. The zero-order valence-corrected chi connectivity index (χ0v) is 25.7. The number of aromatic nitrogens is 3. The number of aryl methyl sites for hydroxylation is 1. The monoisotopic (exact) mass is 605 g/mol. The predicted molar refractivity (Wildman–Crippen MR) is 167 cm³/mol. The third kappa shape index (κ3) is 7.18. The first-order valence-corrected chi connectivity index (χ1v) is 14.4. The van der Waals surface area contributed by atoms with Gasteiger partial charge in [-0.1, -0.05) is 11.6 Å². The van der Waals surface area contributed by atoms with Gasteiger partial charge in [-0.3, -0.25) is 14.1 Å². The van der Waals surface area contributed by atoms with E-state index in [2.05, 4.69) is 20.6 Å². The maximum absolute atomic E-state index is 12.8. The van der Waals surface area contributed by atoms with Gasteiger partial charge in [0, 0.05) is 55.5 Å². The quantitative estimate of drug-likeness (QED) is 0.280. The highest BCUT2D eigenvalue weighted by molar-refractivity contribution is 6.32. The van der Waals surface area contributed by atoms with Crippen LogP contribution < -0.4 is 15.4 Å². The lowest BCUT2D eigenvalue weighted by Gasteiger charge is -2.35. The lowest BCUT2D eigenvalue weighted by atomic mass is 10.1. The molecule has 12 heteroatoms. The van der Waals surface area contributed by atoms with Crippen LogP contribution in [0.3, 0.4) is 0 Å². The summed E-state index contributed by atoms with van der Waals surface area (Å²) in [5.74, 6) is 1.09. The Labute approximate surface area is 255 Å². The molecule has 0 bridgehead atoms.